The van der Waals surface area contributed by atoms with Gasteiger partial charge >= 0.3 is 12.0 Å². The Morgan fingerprint density at radius 1 is 1.07 bits per heavy atom. The number of likely N-dealkylation sites (tertiary alicyclic amines) is 2. The normalized spacial score (nSPS) is 18.1. The second-order valence-electron chi connectivity index (χ2n) is 8.16. The van der Waals surface area contributed by atoms with Crippen molar-refractivity contribution in [1.82, 2.24) is 19.6 Å². The van der Waals surface area contributed by atoms with Crippen LogP contribution in [0, 0.1) is 12.3 Å². The molecule has 8 nitrogen and oxygen atoms in total. The maximum atomic E-state index is 13.0. The Labute approximate surface area is 179 Å². The van der Waals surface area contributed by atoms with Crippen LogP contribution in [0.15, 0.2) is 30.5 Å². The van der Waals surface area contributed by atoms with E-state index in [0.717, 1.165) is 29.5 Å². The summed E-state index contributed by atoms with van der Waals surface area (Å²) in [6.45, 7) is 4.38. The lowest BCUT2D eigenvalue weighted by Gasteiger charge is -2.39. The molecule has 0 unspecified atom stereocenters. The monoisotopic (exact) mass is 430 g/mol. The fourth-order valence-electron chi connectivity index (χ4n) is 4.37. The van der Waals surface area contributed by atoms with Crippen molar-refractivity contribution < 1.29 is 19.5 Å². The summed E-state index contributed by atoms with van der Waals surface area (Å²) >= 11 is 6.08. The summed E-state index contributed by atoms with van der Waals surface area (Å²) in [6, 6.07) is 6.35. The summed E-state index contributed by atoms with van der Waals surface area (Å²) in [7, 11) is 0. The topological polar surface area (TPSA) is 95.7 Å². The molecule has 2 amide bonds. The quantitative estimate of drug-likeness (QED) is 0.789. The highest BCUT2D eigenvalue weighted by Crippen LogP contribution is 2.41. The number of halogens is 1. The van der Waals surface area contributed by atoms with Gasteiger partial charge in [0.25, 0.3) is 5.91 Å². The van der Waals surface area contributed by atoms with Gasteiger partial charge in [-0.2, -0.15) is 9.78 Å². The van der Waals surface area contributed by atoms with Crippen molar-refractivity contribution in [2.75, 3.05) is 26.2 Å². The van der Waals surface area contributed by atoms with Gasteiger partial charge in [-0.1, -0.05) is 17.7 Å². The fraction of sp³-hybridized carbons (Fsp3) is 0.429. The van der Waals surface area contributed by atoms with Crippen LogP contribution in [0.1, 0.15) is 45.7 Å². The van der Waals surface area contributed by atoms with Gasteiger partial charge < -0.3 is 14.9 Å². The standard InChI is InChI=1S/C21H23ClN4O4/c1-14-2-3-15(22)12-16(14)18(27)25-11-7-21(13-25)5-9-24(10-6-21)20(30)26-8-4-17(23-26)19(28)29/h2-4,8,12H,5-7,9-11,13H2,1H3,(H,28,29). The summed E-state index contributed by atoms with van der Waals surface area (Å²) in [5, 5.41) is 13.3. The first-order valence-electron chi connectivity index (χ1n) is 9.92. The molecule has 158 valence electrons. The summed E-state index contributed by atoms with van der Waals surface area (Å²) in [4.78, 5) is 40.2. The molecule has 0 radical (unpaired) electrons. The van der Waals surface area contributed by atoms with E-state index in [1.165, 1.54) is 12.3 Å². The maximum Gasteiger partial charge on any atom is 0.356 e. The van der Waals surface area contributed by atoms with E-state index in [4.69, 9.17) is 16.7 Å². The van der Waals surface area contributed by atoms with Crippen molar-refractivity contribution in [2.24, 2.45) is 5.41 Å². The van der Waals surface area contributed by atoms with Gasteiger partial charge in [-0.3, -0.25) is 4.79 Å². The van der Waals surface area contributed by atoms with Gasteiger partial charge in [-0.05, 0) is 55.4 Å². The third-order valence-corrected chi connectivity index (χ3v) is 6.49. The van der Waals surface area contributed by atoms with E-state index in [-0.39, 0.29) is 23.0 Å². The zero-order valence-electron chi connectivity index (χ0n) is 16.7. The van der Waals surface area contributed by atoms with Crippen LogP contribution in [0.3, 0.4) is 0 Å². The average Bonchev–Trinajstić information content (AvgIpc) is 3.38. The minimum Gasteiger partial charge on any atom is -0.476 e. The van der Waals surface area contributed by atoms with Crippen LogP contribution in [0.2, 0.25) is 5.02 Å². The minimum absolute atomic E-state index is 0.00289. The van der Waals surface area contributed by atoms with Crippen LogP contribution in [-0.4, -0.2) is 68.8 Å². The number of hydrogen-bond acceptors (Lipinski definition) is 4. The Morgan fingerprint density at radius 3 is 2.37 bits per heavy atom. The Balaban J connectivity index is 1.39. The summed E-state index contributed by atoms with van der Waals surface area (Å²) in [5.74, 6) is -1.16. The molecule has 0 saturated carbocycles. The molecule has 2 saturated heterocycles. The van der Waals surface area contributed by atoms with Crippen LogP contribution in [0.4, 0.5) is 4.79 Å². The van der Waals surface area contributed by atoms with E-state index in [2.05, 4.69) is 5.10 Å². The molecular weight excluding hydrogens is 408 g/mol. The summed E-state index contributed by atoms with van der Waals surface area (Å²) in [6.07, 6.45) is 3.87. The first kappa shape index (κ1) is 20.4. The second-order valence-corrected chi connectivity index (χ2v) is 8.59. The highest BCUT2D eigenvalue weighted by molar-refractivity contribution is 6.31. The number of piperidine rings is 1. The Kier molecular flexibility index (Phi) is 5.27. The van der Waals surface area contributed by atoms with Gasteiger partial charge in [0, 0.05) is 43.0 Å². The molecule has 2 fully saturated rings. The van der Waals surface area contributed by atoms with Crippen molar-refractivity contribution in [3.63, 3.8) is 0 Å². The van der Waals surface area contributed by atoms with Gasteiger partial charge in [-0.15, -0.1) is 0 Å². The van der Waals surface area contributed by atoms with Crippen LogP contribution in [-0.2, 0) is 0 Å². The maximum absolute atomic E-state index is 13.0. The van der Waals surface area contributed by atoms with Crippen LogP contribution in [0.5, 0.6) is 0 Å². The molecule has 2 aromatic rings. The number of rotatable bonds is 2. The van der Waals surface area contributed by atoms with E-state index < -0.39 is 5.97 Å². The molecule has 1 N–H and O–H groups in total. The molecule has 1 aromatic heterocycles. The minimum atomic E-state index is -1.16. The Hall–Kier alpha value is -2.87. The number of aromatic nitrogens is 2. The van der Waals surface area contributed by atoms with Crippen LogP contribution in [0.25, 0.3) is 0 Å². The van der Waals surface area contributed by atoms with E-state index >= 15 is 0 Å². The molecule has 1 aromatic carbocycles. The number of carboxylic acids is 1. The van der Waals surface area contributed by atoms with E-state index in [1.54, 1.807) is 17.0 Å². The summed E-state index contributed by atoms with van der Waals surface area (Å²) in [5.41, 5.74) is 1.40. The van der Waals surface area contributed by atoms with Gasteiger partial charge in [0.05, 0.1) is 0 Å². The molecule has 0 atom stereocenters. The van der Waals surface area contributed by atoms with Crippen molar-refractivity contribution >= 4 is 29.5 Å². The molecule has 9 heteroatoms. The van der Waals surface area contributed by atoms with Crippen LogP contribution < -0.4 is 0 Å². The predicted octanol–water partition coefficient (Wildman–Crippen LogP) is 3.14. The molecule has 4 rings (SSSR count). The second kappa shape index (κ2) is 7.75. The lowest BCUT2D eigenvalue weighted by Crippen LogP contribution is -2.46. The Bertz CT molecular complexity index is 1010. The lowest BCUT2D eigenvalue weighted by atomic mass is 9.78. The predicted molar refractivity (Wildman–Crippen MR) is 110 cm³/mol. The van der Waals surface area contributed by atoms with Crippen LogP contribution >= 0.6 is 11.6 Å². The number of aryl methyl sites for hydroxylation is 1. The van der Waals surface area contributed by atoms with Crippen molar-refractivity contribution in [3.05, 3.63) is 52.3 Å². The van der Waals surface area contributed by atoms with Gasteiger partial charge in [0.2, 0.25) is 0 Å². The van der Waals surface area contributed by atoms with E-state index in [1.807, 2.05) is 17.9 Å². The fourth-order valence-corrected chi connectivity index (χ4v) is 4.55. The SMILES string of the molecule is Cc1ccc(Cl)cc1C(=O)N1CCC2(CCN(C(=O)n3ccc(C(=O)O)n3)CC2)C1. The number of carbonyl (C=O) groups is 3. The van der Waals surface area contributed by atoms with Crippen molar-refractivity contribution in [1.29, 1.82) is 0 Å². The lowest BCUT2D eigenvalue weighted by molar-refractivity contribution is 0.0687. The Morgan fingerprint density at radius 2 is 1.73 bits per heavy atom. The number of amides is 2. The summed E-state index contributed by atoms with van der Waals surface area (Å²) < 4.78 is 1.08. The molecule has 0 aliphatic carbocycles. The molecule has 1 spiro atoms. The zero-order valence-corrected chi connectivity index (χ0v) is 17.4. The zero-order chi connectivity index (χ0) is 21.5. The van der Waals surface area contributed by atoms with E-state index in [0.29, 0.717) is 36.8 Å². The molecular formula is C21H23ClN4O4. The number of aromatic carboxylic acids is 1. The molecule has 2 aliphatic heterocycles. The molecule has 30 heavy (non-hydrogen) atoms. The number of carbonyl (C=O) groups excluding carboxylic acids is 2. The first-order chi connectivity index (χ1) is 14.3. The van der Waals surface area contributed by atoms with Crippen molar-refractivity contribution in [2.45, 2.75) is 26.2 Å². The smallest absolute Gasteiger partial charge is 0.356 e. The molecule has 0 bridgehead atoms. The third-order valence-electron chi connectivity index (χ3n) is 6.25. The third kappa shape index (κ3) is 3.79. The highest BCUT2D eigenvalue weighted by atomic mass is 35.5. The number of benzene rings is 1. The number of nitrogens with zero attached hydrogens (tertiary/aromatic N) is 4. The number of carboxylic acid groups (broad SMARTS) is 1. The molecule has 2 aliphatic rings. The first-order valence-corrected chi connectivity index (χ1v) is 10.3. The average molecular weight is 431 g/mol. The van der Waals surface area contributed by atoms with Crippen molar-refractivity contribution in [3.8, 4) is 0 Å². The molecule has 3 heterocycles. The van der Waals surface area contributed by atoms with E-state index in [9.17, 15) is 14.4 Å². The largest absolute Gasteiger partial charge is 0.476 e. The van der Waals surface area contributed by atoms with Gasteiger partial charge in [-0.25, -0.2) is 9.59 Å². The van der Waals surface area contributed by atoms with Gasteiger partial charge in [0.15, 0.2) is 5.69 Å². The highest BCUT2D eigenvalue weighted by Gasteiger charge is 2.43. The van der Waals surface area contributed by atoms with Gasteiger partial charge in [0.1, 0.15) is 0 Å². The number of hydrogen-bond donors (Lipinski definition) is 1.